The van der Waals surface area contributed by atoms with Gasteiger partial charge in [0.2, 0.25) is 5.91 Å². The van der Waals surface area contributed by atoms with Gasteiger partial charge in [-0.05, 0) is 25.5 Å². The van der Waals surface area contributed by atoms with E-state index in [9.17, 15) is 9.90 Å². The first-order valence-corrected chi connectivity index (χ1v) is 6.20. The summed E-state index contributed by atoms with van der Waals surface area (Å²) in [5.41, 5.74) is 0.211. The molecule has 0 aliphatic carbocycles. The van der Waals surface area contributed by atoms with Gasteiger partial charge in [0.05, 0.1) is 16.8 Å². The summed E-state index contributed by atoms with van der Waals surface area (Å²) in [6.45, 7) is 1.88. The van der Waals surface area contributed by atoms with Gasteiger partial charge in [0.1, 0.15) is 0 Å². The normalized spacial score (nSPS) is 12.2. The van der Waals surface area contributed by atoms with Crippen molar-refractivity contribution in [3.05, 3.63) is 22.2 Å². The molecule has 0 bridgehead atoms. The zero-order valence-corrected chi connectivity index (χ0v) is 11.7. The standard InChI is InChI=1S/C12H15Cl2NO3/c1-7(18-2)3-4-11(16)15-10-6-8(13)5-9(14)12(10)17/h5-7,17H,3-4H2,1-2H3,(H,15,16). The van der Waals surface area contributed by atoms with Gasteiger partial charge in [-0.2, -0.15) is 0 Å². The molecule has 4 nitrogen and oxygen atoms in total. The molecule has 1 aromatic carbocycles. The number of amides is 1. The van der Waals surface area contributed by atoms with Crippen molar-refractivity contribution in [3.63, 3.8) is 0 Å². The molecule has 100 valence electrons. The maximum absolute atomic E-state index is 11.6. The number of phenols is 1. The number of benzene rings is 1. The second-order valence-corrected chi connectivity index (χ2v) is 4.76. The van der Waals surface area contributed by atoms with Crippen LogP contribution in [0.15, 0.2) is 12.1 Å². The molecule has 6 heteroatoms. The van der Waals surface area contributed by atoms with E-state index in [-0.39, 0.29) is 28.5 Å². The van der Waals surface area contributed by atoms with Crippen molar-refractivity contribution in [1.82, 2.24) is 0 Å². The predicted molar refractivity (Wildman–Crippen MR) is 72.5 cm³/mol. The first kappa shape index (κ1) is 15.1. The number of ether oxygens (including phenoxy) is 1. The fraction of sp³-hybridized carbons (Fsp3) is 0.417. The number of methoxy groups -OCH3 is 1. The lowest BCUT2D eigenvalue weighted by Gasteiger charge is -2.11. The SMILES string of the molecule is COC(C)CCC(=O)Nc1cc(Cl)cc(Cl)c1O. The summed E-state index contributed by atoms with van der Waals surface area (Å²) in [5.74, 6) is -0.415. The van der Waals surface area contributed by atoms with E-state index in [4.69, 9.17) is 27.9 Å². The highest BCUT2D eigenvalue weighted by Crippen LogP contribution is 2.35. The van der Waals surface area contributed by atoms with Crippen LogP contribution < -0.4 is 5.32 Å². The Balaban J connectivity index is 2.65. The highest BCUT2D eigenvalue weighted by Gasteiger charge is 2.12. The highest BCUT2D eigenvalue weighted by atomic mass is 35.5. The average Bonchev–Trinajstić information content (AvgIpc) is 2.32. The Morgan fingerprint density at radius 2 is 2.17 bits per heavy atom. The van der Waals surface area contributed by atoms with Gasteiger partial charge in [-0.15, -0.1) is 0 Å². The molecule has 0 aromatic heterocycles. The van der Waals surface area contributed by atoms with Crippen molar-refractivity contribution in [2.24, 2.45) is 0 Å². The third-order valence-corrected chi connectivity index (χ3v) is 2.99. The molecule has 1 aromatic rings. The van der Waals surface area contributed by atoms with Gasteiger partial charge in [-0.3, -0.25) is 4.79 Å². The van der Waals surface area contributed by atoms with Crippen LogP contribution in [0.4, 0.5) is 5.69 Å². The molecule has 0 fully saturated rings. The Morgan fingerprint density at radius 1 is 1.50 bits per heavy atom. The molecule has 0 heterocycles. The van der Waals surface area contributed by atoms with Gasteiger partial charge >= 0.3 is 0 Å². The minimum absolute atomic E-state index is 0.00676. The predicted octanol–water partition coefficient (Wildman–Crippen LogP) is 3.45. The first-order valence-electron chi connectivity index (χ1n) is 5.44. The smallest absolute Gasteiger partial charge is 0.224 e. The lowest BCUT2D eigenvalue weighted by atomic mass is 10.2. The summed E-state index contributed by atoms with van der Waals surface area (Å²) in [5, 5.41) is 12.7. The fourth-order valence-electron chi connectivity index (χ4n) is 1.33. The quantitative estimate of drug-likeness (QED) is 0.817. The number of anilines is 1. The van der Waals surface area contributed by atoms with Crippen molar-refractivity contribution >= 4 is 34.8 Å². The summed E-state index contributed by atoms with van der Waals surface area (Å²) >= 11 is 11.5. The van der Waals surface area contributed by atoms with Crippen LogP contribution in [0.2, 0.25) is 10.0 Å². The van der Waals surface area contributed by atoms with Crippen molar-refractivity contribution in [2.75, 3.05) is 12.4 Å². The Kier molecular flexibility index (Phi) is 5.72. The molecular weight excluding hydrogens is 277 g/mol. The Labute approximate surface area is 116 Å². The highest BCUT2D eigenvalue weighted by molar-refractivity contribution is 6.36. The second-order valence-electron chi connectivity index (χ2n) is 3.92. The number of rotatable bonds is 5. The van der Waals surface area contributed by atoms with Crippen LogP contribution in [0.25, 0.3) is 0 Å². The van der Waals surface area contributed by atoms with Crippen LogP contribution >= 0.6 is 23.2 Å². The third kappa shape index (κ3) is 4.37. The van der Waals surface area contributed by atoms with Crippen molar-refractivity contribution in [2.45, 2.75) is 25.9 Å². The van der Waals surface area contributed by atoms with Gasteiger partial charge < -0.3 is 15.2 Å². The Hall–Kier alpha value is -0.970. The van der Waals surface area contributed by atoms with Gasteiger partial charge in [0, 0.05) is 18.6 Å². The molecule has 1 unspecified atom stereocenters. The lowest BCUT2D eigenvalue weighted by molar-refractivity contribution is -0.116. The molecule has 2 N–H and O–H groups in total. The zero-order chi connectivity index (χ0) is 13.7. The maximum Gasteiger partial charge on any atom is 0.224 e. The third-order valence-electron chi connectivity index (χ3n) is 2.48. The number of hydrogen-bond acceptors (Lipinski definition) is 3. The van der Waals surface area contributed by atoms with Crippen molar-refractivity contribution in [1.29, 1.82) is 0 Å². The first-order chi connectivity index (χ1) is 8.43. The van der Waals surface area contributed by atoms with Crippen LogP contribution in [0.5, 0.6) is 5.75 Å². The monoisotopic (exact) mass is 291 g/mol. The summed E-state index contributed by atoms with van der Waals surface area (Å²) in [6, 6.07) is 2.85. The van der Waals surface area contributed by atoms with Crippen molar-refractivity contribution in [3.8, 4) is 5.75 Å². The maximum atomic E-state index is 11.6. The van der Waals surface area contributed by atoms with E-state index in [1.807, 2.05) is 6.92 Å². The number of halogens is 2. The lowest BCUT2D eigenvalue weighted by Crippen LogP contribution is -2.15. The number of phenolic OH excluding ortho intramolecular Hbond substituents is 1. The van der Waals surface area contributed by atoms with Gasteiger partial charge in [-0.1, -0.05) is 23.2 Å². The Morgan fingerprint density at radius 3 is 2.78 bits per heavy atom. The van der Waals surface area contributed by atoms with E-state index in [1.165, 1.54) is 12.1 Å². The van der Waals surface area contributed by atoms with E-state index in [0.29, 0.717) is 17.9 Å². The van der Waals surface area contributed by atoms with Gasteiger partial charge in [0.25, 0.3) is 0 Å². The van der Waals surface area contributed by atoms with Crippen LogP contribution in [0.1, 0.15) is 19.8 Å². The summed E-state index contributed by atoms with van der Waals surface area (Å²) < 4.78 is 5.04. The molecule has 0 aliphatic rings. The molecule has 0 saturated heterocycles. The van der Waals surface area contributed by atoms with Crippen LogP contribution in [-0.4, -0.2) is 24.2 Å². The fourth-order valence-corrected chi connectivity index (χ4v) is 1.82. The summed E-state index contributed by atoms with van der Waals surface area (Å²) in [4.78, 5) is 11.6. The largest absolute Gasteiger partial charge is 0.504 e. The van der Waals surface area contributed by atoms with E-state index in [1.54, 1.807) is 7.11 Å². The minimum Gasteiger partial charge on any atom is -0.504 e. The van der Waals surface area contributed by atoms with Crippen LogP contribution in [-0.2, 0) is 9.53 Å². The van der Waals surface area contributed by atoms with E-state index >= 15 is 0 Å². The Bertz CT molecular complexity index is 438. The average molecular weight is 292 g/mol. The van der Waals surface area contributed by atoms with E-state index in [0.717, 1.165) is 0 Å². The molecule has 1 rings (SSSR count). The minimum atomic E-state index is -0.229. The number of hydrogen-bond donors (Lipinski definition) is 2. The number of carbonyl (C=O) groups excluding carboxylic acids is 1. The topological polar surface area (TPSA) is 58.6 Å². The number of carbonyl (C=O) groups is 1. The van der Waals surface area contributed by atoms with Crippen LogP contribution in [0.3, 0.4) is 0 Å². The molecule has 0 radical (unpaired) electrons. The summed E-state index contributed by atoms with van der Waals surface area (Å²) in [7, 11) is 1.59. The van der Waals surface area contributed by atoms with Crippen molar-refractivity contribution < 1.29 is 14.6 Å². The molecule has 0 spiro atoms. The second kappa shape index (κ2) is 6.83. The number of aromatic hydroxyl groups is 1. The van der Waals surface area contributed by atoms with E-state index < -0.39 is 0 Å². The molecule has 18 heavy (non-hydrogen) atoms. The number of nitrogens with one attached hydrogen (secondary N) is 1. The van der Waals surface area contributed by atoms with Gasteiger partial charge in [-0.25, -0.2) is 0 Å². The molecule has 0 saturated carbocycles. The molecular formula is C12H15Cl2NO3. The molecule has 1 atom stereocenters. The van der Waals surface area contributed by atoms with Gasteiger partial charge in [0.15, 0.2) is 5.75 Å². The van der Waals surface area contributed by atoms with Crippen LogP contribution in [0, 0.1) is 0 Å². The van der Waals surface area contributed by atoms with E-state index in [2.05, 4.69) is 5.32 Å². The zero-order valence-electron chi connectivity index (χ0n) is 10.2. The molecule has 1 amide bonds. The summed E-state index contributed by atoms with van der Waals surface area (Å²) in [6.07, 6.45) is 0.892. The molecule has 0 aliphatic heterocycles.